The lowest BCUT2D eigenvalue weighted by Gasteiger charge is -2.31. The quantitative estimate of drug-likeness (QED) is 0.375. The summed E-state index contributed by atoms with van der Waals surface area (Å²) in [6, 6.07) is 0. The van der Waals surface area contributed by atoms with Crippen molar-refractivity contribution in [1.29, 1.82) is 0 Å². The molecule has 2 aliphatic rings. The lowest BCUT2D eigenvalue weighted by atomic mass is 9.84. The van der Waals surface area contributed by atoms with Crippen LogP contribution in [0.2, 0.25) is 0 Å². The van der Waals surface area contributed by atoms with E-state index in [1.165, 1.54) is 6.08 Å². The molecule has 3 nitrogen and oxygen atoms in total. The molecule has 1 N–H and O–H groups in total. The van der Waals surface area contributed by atoms with Gasteiger partial charge < -0.3 is 0 Å². The first kappa shape index (κ1) is 9.03. The van der Waals surface area contributed by atoms with E-state index in [1.807, 2.05) is 0 Å². The second kappa shape index (κ2) is 2.49. The van der Waals surface area contributed by atoms with E-state index in [1.54, 1.807) is 6.08 Å². The van der Waals surface area contributed by atoms with Crippen molar-refractivity contribution in [3.63, 3.8) is 0 Å². The van der Waals surface area contributed by atoms with Gasteiger partial charge in [-0.1, -0.05) is 12.2 Å². The summed E-state index contributed by atoms with van der Waals surface area (Å²) in [5.74, 6) is -1.01. The first-order valence-electron chi connectivity index (χ1n) is 3.92. The number of amides is 2. The Morgan fingerprint density at radius 3 is 2.62 bits per heavy atom. The van der Waals surface area contributed by atoms with E-state index in [2.05, 4.69) is 5.32 Å². The van der Waals surface area contributed by atoms with Gasteiger partial charge in [0.05, 0.1) is 0 Å². The molecule has 13 heavy (non-hydrogen) atoms. The third-order valence-corrected chi connectivity index (χ3v) is 3.87. The van der Waals surface area contributed by atoms with Gasteiger partial charge in [0.2, 0.25) is 0 Å². The summed E-state index contributed by atoms with van der Waals surface area (Å²) in [5.41, 5.74) is 0. The Kier molecular flexibility index (Phi) is 1.73. The van der Waals surface area contributed by atoms with Gasteiger partial charge in [0, 0.05) is 0 Å². The number of halogens is 2. The van der Waals surface area contributed by atoms with Gasteiger partial charge in [0.25, 0.3) is 11.8 Å². The molecule has 0 aromatic heterocycles. The van der Waals surface area contributed by atoms with Crippen molar-refractivity contribution in [2.45, 2.75) is 22.6 Å². The number of rotatable bonds is 0. The van der Waals surface area contributed by atoms with Gasteiger partial charge in [-0.25, -0.2) is 0 Å². The van der Waals surface area contributed by atoms with E-state index in [4.69, 9.17) is 23.2 Å². The van der Waals surface area contributed by atoms with Crippen LogP contribution in [0.4, 0.5) is 0 Å². The Hall–Kier alpha value is -0.540. The molecule has 0 aromatic rings. The predicted octanol–water partition coefficient (Wildman–Crippen LogP) is 0.948. The molecular formula is C8H7Cl2NO2. The van der Waals surface area contributed by atoms with Crippen LogP contribution in [0.25, 0.3) is 0 Å². The van der Waals surface area contributed by atoms with Crippen molar-refractivity contribution in [3.8, 4) is 0 Å². The molecule has 1 aliphatic carbocycles. The van der Waals surface area contributed by atoms with Gasteiger partial charge in [0.1, 0.15) is 0 Å². The van der Waals surface area contributed by atoms with Gasteiger partial charge in [-0.05, 0) is 12.8 Å². The van der Waals surface area contributed by atoms with Gasteiger partial charge in [0.15, 0.2) is 9.75 Å². The zero-order chi connectivity index (χ0) is 9.69. The third-order valence-electron chi connectivity index (χ3n) is 2.50. The van der Waals surface area contributed by atoms with E-state index in [9.17, 15) is 9.59 Å². The van der Waals surface area contributed by atoms with Gasteiger partial charge >= 0.3 is 0 Å². The molecule has 2 atom stereocenters. The summed E-state index contributed by atoms with van der Waals surface area (Å²) in [4.78, 5) is 20.0. The molecule has 2 amide bonds. The van der Waals surface area contributed by atoms with E-state index < -0.39 is 21.6 Å². The van der Waals surface area contributed by atoms with Crippen molar-refractivity contribution in [1.82, 2.24) is 5.32 Å². The Labute approximate surface area is 85.1 Å². The highest BCUT2D eigenvalue weighted by atomic mass is 35.5. The van der Waals surface area contributed by atoms with Crippen LogP contribution in [0.15, 0.2) is 12.2 Å². The van der Waals surface area contributed by atoms with Crippen LogP contribution in [-0.2, 0) is 9.59 Å². The maximum Gasteiger partial charge on any atom is 0.254 e. The molecule has 70 valence electrons. The first-order valence-corrected chi connectivity index (χ1v) is 4.68. The topological polar surface area (TPSA) is 46.2 Å². The lowest BCUT2D eigenvalue weighted by molar-refractivity contribution is -0.125. The molecule has 1 heterocycles. The molecule has 1 fully saturated rings. The number of hydrogen-bond donors (Lipinski definition) is 1. The zero-order valence-corrected chi connectivity index (χ0v) is 8.15. The number of nitrogens with one attached hydrogen (secondary N) is 1. The molecule has 0 radical (unpaired) electrons. The molecule has 5 heteroatoms. The van der Waals surface area contributed by atoms with Crippen molar-refractivity contribution in [3.05, 3.63) is 12.2 Å². The monoisotopic (exact) mass is 219 g/mol. The largest absolute Gasteiger partial charge is 0.293 e. The number of allylic oxidation sites excluding steroid dienone is 1. The van der Waals surface area contributed by atoms with Crippen LogP contribution in [0.1, 0.15) is 12.8 Å². The average molecular weight is 220 g/mol. The fraction of sp³-hybridized carbons (Fsp3) is 0.500. The van der Waals surface area contributed by atoms with Crippen LogP contribution in [0, 0.1) is 0 Å². The summed E-state index contributed by atoms with van der Waals surface area (Å²) < 4.78 is 0. The number of carbonyl (C=O) groups excluding carboxylic acids is 2. The molecule has 0 saturated carbocycles. The minimum Gasteiger partial charge on any atom is -0.293 e. The highest BCUT2D eigenvalue weighted by Crippen LogP contribution is 2.47. The van der Waals surface area contributed by atoms with E-state index in [0.29, 0.717) is 12.8 Å². The summed E-state index contributed by atoms with van der Waals surface area (Å²) in [7, 11) is 0. The molecule has 2 unspecified atom stereocenters. The molecule has 1 saturated heterocycles. The van der Waals surface area contributed by atoms with Crippen molar-refractivity contribution in [2.24, 2.45) is 0 Å². The minimum atomic E-state index is -1.39. The first-order chi connectivity index (χ1) is 6.01. The summed E-state index contributed by atoms with van der Waals surface area (Å²) in [6.45, 7) is 0. The van der Waals surface area contributed by atoms with Crippen molar-refractivity contribution < 1.29 is 9.59 Å². The van der Waals surface area contributed by atoms with Crippen LogP contribution in [-0.4, -0.2) is 21.6 Å². The van der Waals surface area contributed by atoms with Gasteiger partial charge in [-0.3, -0.25) is 14.9 Å². The normalized spacial score (nSPS) is 43.2. The number of alkyl halides is 2. The number of imide groups is 1. The fourth-order valence-electron chi connectivity index (χ4n) is 1.67. The van der Waals surface area contributed by atoms with Crippen molar-refractivity contribution >= 4 is 35.0 Å². The Balaban J connectivity index is 2.57. The SMILES string of the molecule is O=C1NC(=O)C2(Cl)CCC=CC12Cl. The third kappa shape index (κ3) is 0.916. The molecule has 2 rings (SSSR count). The maximum atomic E-state index is 11.4. The van der Waals surface area contributed by atoms with E-state index in [0.717, 1.165) is 0 Å². The van der Waals surface area contributed by atoms with Crippen LogP contribution >= 0.6 is 23.2 Å². The second-order valence-corrected chi connectivity index (χ2v) is 4.48. The van der Waals surface area contributed by atoms with Gasteiger partial charge in [-0.15, -0.1) is 23.2 Å². The molecule has 1 aliphatic heterocycles. The standard InChI is InChI=1S/C8H7Cl2NO2/c9-7-3-1-2-4-8(7,10)6(13)11-5(7)12/h1,3H,2,4H2,(H,11,12,13). The lowest BCUT2D eigenvalue weighted by Crippen LogP contribution is -2.48. The molecule has 0 aromatic carbocycles. The van der Waals surface area contributed by atoms with Crippen LogP contribution in [0.5, 0.6) is 0 Å². The smallest absolute Gasteiger partial charge is 0.254 e. The second-order valence-electron chi connectivity index (χ2n) is 3.24. The van der Waals surface area contributed by atoms with Crippen LogP contribution < -0.4 is 5.32 Å². The Morgan fingerprint density at radius 1 is 1.31 bits per heavy atom. The van der Waals surface area contributed by atoms with Crippen LogP contribution in [0.3, 0.4) is 0 Å². The van der Waals surface area contributed by atoms with E-state index in [-0.39, 0.29) is 0 Å². The summed E-state index contributed by atoms with van der Waals surface area (Å²) in [5, 5.41) is 2.15. The van der Waals surface area contributed by atoms with E-state index >= 15 is 0 Å². The Bertz CT molecular complexity index is 328. The molecular weight excluding hydrogens is 213 g/mol. The maximum absolute atomic E-state index is 11.4. The number of fused-ring (bicyclic) bond motifs is 1. The average Bonchev–Trinajstić information content (AvgIpc) is 2.25. The highest BCUT2D eigenvalue weighted by Gasteiger charge is 2.64. The molecule has 0 spiro atoms. The number of hydrogen-bond acceptors (Lipinski definition) is 2. The molecule has 0 bridgehead atoms. The minimum absolute atomic E-state index is 0.395. The highest BCUT2D eigenvalue weighted by molar-refractivity contribution is 6.54. The predicted molar refractivity (Wildman–Crippen MR) is 48.7 cm³/mol. The number of carbonyl (C=O) groups is 2. The summed E-state index contributed by atoms with van der Waals surface area (Å²) >= 11 is 12.1. The zero-order valence-electron chi connectivity index (χ0n) is 6.64. The van der Waals surface area contributed by atoms with Crippen molar-refractivity contribution in [2.75, 3.05) is 0 Å². The fourth-order valence-corrected chi connectivity index (χ4v) is 2.29. The summed E-state index contributed by atoms with van der Waals surface area (Å²) in [6.07, 6.45) is 4.34. The van der Waals surface area contributed by atoms with Gasteiger partial charge in [-0.2, -0.15) is 0 Å². The Morgan fingerprint density at radius 2 is 2.00 bits per heavy atom.